The normalized spacial score (nSPS) is 14.5. The molecule has 2 aromatic rings. The fourth-order valence-corrected chi connectivity index (χ4v) is 3.06. The summed E-state index contributed by atoms with van der Waals surface area (Å²) in [7, 11) is 1.78. The highest BCUT2D eigenvalue weighted by Crippen LogP contribution is 2.16. The SMILES string of the molecule is CN=C(NCc1ccc([N+](=O)[O-])cc1)N1CCN(c2ccccc2)CC1.I. The van der Waals surface area contributed by atoms with Crippen LogP contribution in [0.25, 0.3) is 0 Å². The van der Waals surface area contributed by atoms with Crippen LogP contribution in [0.15, 0.2) is 59.6 Å². The Bertz CT molecular complexity index is 759. The smallest absolute Gasteiger partial charge is 0.269 e. The summed E-state index contributed by atoms with van der Waals surface area (Å²) in [5.41, 5.74) is 2.34. The minimum Gasteiger partial charge on any atom is -0.368 e. The van der Waals surface area contributed by atoms with E-state index in [0.29, 0.717) is 6.54 Å². The lowest BCUT2D eigenvalue weighted by Crippen LogP contribution is -2.52. The van der Waals surface area contributed by atoms with E-state index in [1.807, 2.05) is 6.07 Å². The van der Waals surface area contributed by atoms with Crippen LogP contribution in [0.3, 0.4) is 0 Å². The van der Waals surface area contributed by atoms with E-state index in [2.05, 4.69) is 44.4 Å². The van der Waals surface area contributed by atoms with E-state index >= 15 is 0 Å². The highest BCUT2D eigenvalue weighted by atomic mass is 127. The molecule has 144 valence electrons. The van der Waals surface area contributed by atoms with Crippen LogP contribution in [-0.2, 0) is 6.54 Å². The Morgan fingerprint density at radius 1 is 1.07 bits per heavy atom. The molecule has 0 unspecified atom stereocenters. The summed E-state index contributed by atoms with van der Waals surface area (Å²) < 4.78 is 0. The zero-order valence-corrected chi connectivity index (χ0v) is 17.6. The number of hydrogen-bond acceptors (Lipinski definition) is 4. The molecule has 1 saturated heterocycles. The predicted molar refractivity (Wildman–Crippen MR) is 119 cm³/mol. The van der Waals surface area contributed by atoms with E-state index in [9.17, 15) is 10.1 Å². The fraction of sp³-hybridized carbons (Fsp3) is 0.316. The van der Waals surface area contributed by atoms with Gasteiger partial charge in [-0.1, -0.05) is 30.3 Å². The molecule has 0 bridgehead atoms. The molecule has 0 saturated carbocycles. The number of nitrogens with zero attached hydrogens (tertiary/aromatic N) is 4. The maximum absolute atomic E-state index is 10.7. The van der Waals surface area contributed by atoms with Gasteiger partial charge in [-0.3, -0.25) is 15.1 Å². The number of benzene rings is 2. The van der Waals surface area contributed by atoms with E-state index in [1.54, 1.807) is 19.2 Å². The van der Waals surface area contributed by atoms with Gasteiger partial charge in [0.15, 0.2) is 5.96 Å². The molecule has 0 amide bonds. The summed E-state index contributed by atoms with van der Waals surface area (Å²) in [6.07, 6.45) is 0. The number of piperazine rings is 1. The molecule has 3 rings (SSSR count). The highest BCUT2D eigenvalue weighted by molar-refractivity contribution is 14.0. The number of nitrogens with one attached hydrogen (secondary N) is 1. The van der Waals surface area contributed by atoms with Crippen molar-refractivity contribution < 1.29 is 4.92 Å². The number of para-hydroxylation sites is 1. The average molecular weight is 481 g/mol. The molecule has 1 N–H and O–H groups in total. The van der Waals surface area contributed by atoms with Gasteiger partial charge in [-0.05, 0) is 17.7 Å². The van der Waals surface area contributed by atoms with Crippen molar-refractivity contribution in [2.75, 3.05) is 38.1 Å². The summed E-state index contributed by atoms with van der Waals surface area (Å²) in [6.45, 7) is 4.28. The third-order valence-electron chi connectivity index (χ3n) is 4.51. The number of rotatable bonds is 4. The van der Waals surface area contributed by atoms with Crippen molar-refractivity contribution in [1.29, 1.82) is 0 Å². The molecule has 7 nitrogen and oxygen atoms in total. The summed E-state index contributed by atoms with van der Waals surface area (Å²) in [4.78, 5) is 19.3. The Balaban J connectivity index is 0.00000261. The number of nitro groups is 1. The first-order valence-electron chi connectivity index (χ1n) is 8.66. The summed E-state index contributed by atoms with van der Waals surface area (Å²) in [5, 5.41) is 14.1. The van der Waals surface area contributed by atoms with Crippen molar-refractivity contribution in [3.8, 4) is 0 Å². The number of non-ortho nitro benzene ring substituents is 1. The summed E-state index contributed by atoms with van der Waals surface area (Å²) in [5.74, 6) is 0.857. The van der Waals surface area contributed by atoms with Crippen LogP contribution in [0.2, 0.25) is 0 Å². The third-order valence-corrected chi connectivity index (χ3v) is 4.51. The summed E-state index contributed by atoms with van der Waals surface area (Å²) in [6, 6.07) is 17.0. The predicted octanol–water partition coefficient (Wildman–Crippen LogP) is 3.11. The lowest BCUT2D eigenvalue weighted by molar-refractivity contribution is -0.384. The molecule has 0 radical (unpaired) electrons. The van der Waals surface area contributed by atoms with Crippen LogP contribution in [0.4, 0.5) is 11.4 Å². The molecular formula is C19H24IN5O2. The van der Waals surface area contributed by atoms with Gasteiger partial charge in [-0.25, -0.2) is 0 Å². The average Bonchev–Trinajstić information content (AvgIpc) is 2.70. The minimum atomic E-state index is -0.387. The second-order valence-corrected chi connectivity index (χ2v) is 6.13. The Morgan fingerprint density at radius 2 is 1.70 bits per heavy atom. The molecule has 0 atom stereocenters. The quantitative estimate of drug-likeness (QED) is 0.239. The molecule has 27 heavy (non-hydrogen) atoms. The molecule has 0 aromatic heterocycles. The number of anilines is 1. The standard InChI is InChI=1S/C19H23N5O2.HI/c1-20-19(21-15-16-7-9-18(10-8-16)24(25)26)23-13-11-22(12-14-23)17-5-3-2-4-6-17;/h2-10H,11-15H2,1H3,(H,20,21);1H. The van der Waals surface area contributed by atoms with Gasteiger partial charge in [-0.2, -0.15) is 0 Å². The van der Waals surface area contributed by atoms with E-state index < -0.39 is 0 Å². The first kappa shape index (κ1) is 20.9. The van der Waals surface area contributed by atoms with E-state index in [4.69, 9.17) is 0 Å². The Hall–Kier alpha value is -2.36. The second kappa shape index (κ2) is 10.1. The van der Waals surface area contributed by atoms with Crippen molar-refractivity contribution in [3.63, 3.8) is 0 Å². The van der Waals surface area contributed by atoms with Crippen LogP contribution in [0, 0.1) is 10.1 Å². The van der Waals surface area contributed by atoms with Crippen molar-refractivity contribution in [1.82, 2.24) is 10.2 Å². The van der Waals surface area contributed by atoms with Crippen LogP contribution >= 0.6 is 24.0 Å². The summed E-state index contributed by atoms with van der Waals surface area (Å²) >= 11 is 0. The van der Waals surface area contributed by atoms with Crippen molar-refractivity contribution in [2.45, 2.75) is 6.54 Å². The third kappa shape index (κ3) is 5.56. The maximum Gasteiger partial charge on any atom is 0.269 e. The molecule has 1 heterocycles. The highest BCUT2D eigenvalue weighted by Gasteiger charge is 2.19. The molecule has 8 heteroatoms. The van der Waals surface area contributed by atoms with Crippen LogP contribution in [-0.4, -0.2) is 49.0 Å². The van der Waals surface area contributed by atoms with Gasteiger partial charge in [-0.15, -0.1) is 24.0 Å². The molecule has 0 spiro atoms. The number of guanidine groups is 1. The van der Waals surface area contributed by atoms with Gasteiger partial charge in [0.2, 0.25) is 0 Å². The number of nitro benzene ring substituents is 1. The molecule has 0 aliphatic carbocycles. The van der Waals surface area contributed by atoms with Gasteiger partial charge >= 0.3 is 0 Å². The van der Waals surface area contributed by atoms with Crippen molar-refractivity contribution >= 4 is 41.3 Å². The first-order valence-corrected chi connectivity index (χ1v) is 8.66. The number of halogens is 1. The van der Waals surface area contributed by atoms with Crippen molar-refractivity contribution in [2.24, 2.45) is 4.99 Å². The lowest BCUT2D eigenvalue weighted by atomic mass is 10.2. The van der Waals surface area contributed by atoms with E-state index in [1.165, 1.54) is 17.8 Å². The molecule has 2 aromatic carbocycles. The Kier molecular flexibility index (Phi) is 7.83. The van der Waals surface area contributed by atoms with E-state index in [-0.39, 0.29) is 34.6 Å². The zero-order valence-electron chi connectivity index (χ0n) is 15.2. The molecule has 1 fully saturated rings. The maximum atomic E-state index is 10.7. The van der Waals surface area contributed by atoms with Gasteiger partial charge < -0.3 is 15.1 Å². The molecule has 1 aliphatic rings. The van der Waals surface area contributed by atoms with Gasteiger partial charge in [0.1, 0.15) is 0 Å². The van der Waals surface area contributed by atoms with Crippen molar-refractivity contribution in [3.05, 3.63) is 70.3 Å². The largest absolute Gasteiger partial charge is 0.368 e. The Labute approximate surface area is 176 Å². The molecular weight excluding hydrogens is 457 g/mol. The van der Waals surface area contributed by atoms with E-state index in [0.717, 1.165) is 37.7 Å². The molecule has 1 aliphatic heterocycles. The fourth-order valence-electron chi connectivity index (χ4n) is 3.06. The monoisotopic (exact) mass is 481 g/mol. The number of aliphatic imine (C=N–C) groups is 1. The van der Waals surface area contributed by atoms with Crippen LogP contribution < -0.4 is 10.2 Å². The second-order valence-electron chi connectivity index (χ2n) is 6.13. The minimum absolute atomic E-state index is 0. The van der Waals surface area contributed by atoms with Gasteiger partial charge in [0, 0.05) is 57.6 Å². The van der Waals surface area contributed by atoms with Crippen LogP contribution in [0.1, 0.15) is 5.56 Å². The number of hydrogen-bond donors (Lipinski definition) is 1. The zero-order chi connectivity index (χ0) is 18.4. The Morgan fingerprint density at radius 3 is 2.26 bits per heavy atom. The topological polar surface area (TPSA) is 74.0 Å². The first-order chi connectivity index (χ1) is 12.7. The van der Waals surface area contributed by atoms with Gasteiger partial charge in [0.05, 0.1) is 4.92 Å². The van der Waals surface area contributed by atoms with Gasteiger partial charge in [0.25, 0.3) is 5.69 Å². The lowest BCUT2D eigenvalue weighted by Gasteiger charge is -2.37. The van der Waals surface area contributed by atoms with Crippen LogP contribution in [0.5, 0.6) is 0 Å².